The predicted octanol–water partition coefficient (Wildman–Crippen LogP) is 3.60. The second-order valence-corrected chi connectivity index (χ2v) is 5.90. The molecule has 1 aromatic rings. The van der Waals surface area contributed by atoms with E-state index < -0.39 is 0 Å². The summed E-state index contributed by atoms with van der Waals surface area (Å²) in [5.74, 6) is 0.819. The highest BCUT2D eigenvalue weighted by Gasteiger charge is 2.24. The second-order valence-electron chi connectivity index (χ2n) is 5.90. The highest BCUT2D eigenvalue weighted by atomic mass is 19.1. The Labute approximate surface area is 122 Å². The van der Waals surface area contributed by atoms with Crippen molar-refractivity contribution in [3.63, 3.8) is 0 Å². The monoisotopic (exact) mass is 278 g/mol. The summed E-state index contributed by atoms with van der Waals surface area (Å²) in [7, 11) is 1.92. The number of hydrogen-bond acceptors (Lipinski definition) is 2. The summed E-state index contributed by atoms with van der Waals surface area (Å²) in [5, 5.41) is 3.26. The van der Waals surface area contributed by atoms with Gasteiger partial charge in [-0.05, 0) is 57.8 Å². The van der Waals surface area contributed by atoms with Gasteiger partial charge in [-0.15, -0.1) is 0 Å². The Balaban J connectivity index is 1.89. The summed E-state index contributed by atoms with van der Waals surface area (Å²) in [6.45, 7) is 5.66. The van der Waals surface area contributed by atoms with Gasteiger partial charge in [0.1, 0.15) is 5.82 Å². The molecule has 0 saturated heterocycles. The largest absolute Gasteiger partial charge is 0.313 e. The molecule has 112 valence electrons. The fourth-order valence-corrected chi connectivity index (χ4v) is 2.80. The normalized spacial score (nSPS) is 16.6. The first kappa shape index (κ1) is 15.5. The first-order chi connectivity index (χ1) is 9.74. The van der Waals surface area contributed by atoms with Crippen LogP contribution in [0.25, 0.3) is 0 Å². The molecule has 3 heteroatoms. The molecule has 1 aliphatic carbocycles. The topological polar surface area (TPSA) is 15.3 Å². The van der Waals surface area contributed by atoms with Gasteiger partial charge in [0.2, 0.25) is 0 Å². The summed E-state index contributed by atoms with van der Waals surface area (Å²) in [4.78, 5) is 2.54. The molecule has 20 heavy (non-hydrogen) atoms. The lowest BCUT2D eigenvalue weighted by Gasteiger charge is -2.25. The van der Waals surface area contributed by atoms with Gasteiger partial charge in [-0.1, -0.05) is 25.1 Å². The number of nitrogens with one attached hydrogen (secondary N) is 1. The van der Waals surface area contributed by atoms with Crippen LogP contribution in [0.1, 0.15) is 44.2 Å². The first-order valence-corrected chi connectivity index (χ1v) is 7.88. The molecule has 0 radical (unpaired) electrons. The molecule has 1 aromatic carbocycles. The van der Waals surface area contributed by atoms with E-state index in [9.17, 15) is 4.39 Å². The minimum Gasteiger partial charge on any atom is -0.313 e. The standard InChI is InChI=1S/C17H27FN2/c1-3-11-20(13-14-8-9-14)12-10-17(19-2)15-6-4-5-7-16(15)18/h4-7,14,17,19H,3,8-13H2,1-2H3. The zero-order chi connectivity index (χ0) is 14.4. The van der Waals surface area contributed by atoms with E-state index in [1.54, 1.807) is 12.1 Å². The van der Waals surface area contributed by atoms with Crippen LogP contribution in [-0.4, -0.2) is 31.6 Å². The van der Waals surface area contributed by atoms with Crippen LogP contribution < -0.4 is 5.32 Å². The predicted molar refractivity (Wildman–Crippen MR) is 82.3 cm³/mol. The first-order valence-electron chi connectivity index (χ1n) is 7.88. The second kappa shape index (κ2) is 7.75. The quantitative estimate of drug-likeness (QED) is 0.742. The molecule has 1 saturated carbocycles. The van der Waals surface area contributed by atoms with Crippen molar-refractivity contribution in [2.75, 3.05) is 26.7 Å². The lowest BCUT2D eigenvalue weighted by molar-refractivity contribution is 0.248. The van der Waals surface area contributed by atoms with E-state index >= 15 is 0 Å². The molecule has 2 nitrogen and oxygen atoms in total. The highest BCUT2D eigenvalue weighted by Crippen LogP contribution is 2.30. The Morgan fingerprint density at radius 3 is 2.65 bits per heavy atom. The molecule has 1 fully saturated rings. The third-order valence-corrected chi connectivity index (χ3v) is 4.12. The molecular formula is C17H27FN2. The van der Waals surface area contributed by atoms with E-state index in [1.165, 1.54) is 25.8 Å². The number of benzene rings is 1. The van der Waals surface area contributed by atoms with Crippen molar-refractivity contribution in [1.29, 1.82) is 0 Å². The molecule has 0 bridgehead atoms. The number of hydrogen-bond donors (Lipinski definition) is 1. The van der Waals surface area contributed by atoms with Gasteiger partial charge < -0.3 is 10.2 Å². The van der Waals surface area contributed by atoms with Gasteiger partial charge in [0, 0.05) is 18.2 Å². The lowest BCUT2D eigenvalue weighted by Crippen LogP contribution is -2.31. The van der Waals surface area contributed by atoms with Gasteiger partial charge >= 0.3 is 0 Å². The molecule has 0 spiro atoms. The van der Waals surface area contributed by atoms with Crippen LogP contribution in [0.4, 0.5) is 4.39 Å². The van der Waals surface area contributed by atoms with Gasteiger partial charge in [-0.25, -0.2) is 4.39 Å². The zero-order valence-electron chi connectivity index (χ0n) is 12.7. The van der Waals surface area contributed by atoms with Gasteiger partial charge in [-0.3, -0.25) is 0 Å². The van der Waals surface area contributed by atoms with Crippen molar-refractivity contribution < 1.29 is 4.39 Å². The minimum absolute atomic E-state index is 0.101. The summed E-state index contributed by atoms with van der Waals surface area (Å²) in [5.41, 5.74) is 0.790. The molecule has 0 aliphatic heterocycles. The summed E-state index contributed by atoms with van der Waals surface area (Å²) in [6, 6.07) is 7.21. The van der Waals surface area contributed by atoms with Crippen molar-refractivity contribution in [1.82, 2.24) is 10.2 Å². The van der Waals surface area contributed by atoms with Gasteiger partial charge in [0.25, 0.3) is 0 Å². The molecule has 1 unspecified atom stereocenters. The van der Waals surface area contributed by atoms with Crippen LogP contribution in [0.3, 0.4) is 0 Å². The maximum absolute atomic E-state index is 13.9. The van der Waals surface area contributed by atoms with Crippen LogP contribution in [0.15, 0.2) is 24.3 Å². The van der Waals surface area contributed by atoms with E-state index in [0.29, 0.717) is 0 Å². The zero-order valence-corrected chi connectivity index (χ0v) is 12.7. The van der Waals surface area contributed by atoms with Crippen molar-refractivity contribution in [2.24, 2.45) is 5.92 Å². The third-order valence-electron chi connectivity index (χ3n) is 4.12. The van der Waals surface area contributed by atoms with Crippen molar-refractivity contribution in [2.45, 2.75) is 38.6 Å². The van der Waals surface area contributed by atoms with Crippen LogP contribution in [-0.2, 0) is 0 Å². The van der Waals surface area contributed by atoms with E-state index in [-0.39, 0.29) is 11.9 Å². The molecule has 1 aliphatic rings. The molecular weight excluding hydrogens is 251 g/mol. The molecule has 2 rings (SSSR count). The highest BCUT2D eigenvalue weighted by molar-refractivity contribution is 5.21. The van der Waals surface area contributed by atoms with E-state index in [2.05, 4.69) is 17.1 Å². The minimum atomic E-state index is -0.101. The lowest BCUT2D eigenvalue weighted by atomic mass is 10.0. The smallest absolute Gasteiger partial charge is 0.127 e. The average molecular weight is 278 g/mol. The Hall–Kier alpha value is -0.930. The molecule has 1 atom stereocenters. The summed E-state index contributed by atoms with van der Waals surface area (Å²) < 4.78 is 13.9. The van der Waals surface area contributed by atoms with E-state index in [1.807, 2.05) is 19.2 Å². The fraction of sp³-hybridized carbons (Fsp3) is 0.647. The SMILES string of the molecule is CCCN(CCC(NC)c1ccccc1F)CC1CC1. The Morgan fingerprint density at radius 2 is 2.05 bits per heavy atom. The Kier molecular flexibility index (Phi) is 5.99. The molecule has 1 N–H and O–H groups in total. The van der Waals surface area contributed by atoms with Gasteiger partial charge in [0.15, 0.2) is 0 Å². The van der Waals surface area contributed by atoms with Crippen molar-refractivity contribution in [3.05, 3.63) is 35.6 Å². The molecule has 0 aromatic heterocycles. The number of halogens is 1. The van der Waals surface area contributed by atoms with Crippen LogP contribution in [0.5, 0.6) is 0 Å². The maximum Gasteiger partial charge on any atom is 0.127 e. The van der Waals surface area contributed by atoms with Crippen LogP contribution in [0, 0.1) is 11.7 Å². The van der Waals surface area contributed by atoms with E-state index in [0.717, 1.165) is 31.0 Å². The summed E-state index contributed by atoms with van der Waals surface area (Å²) in [6.07, 6.45) is 4.94. The van der Waals surface area contributed by atoms with Gasteiger partial charge in [0.05, 0.1) is 0 Å². The van der Waals surface area contributed by atoms with Crippen molar-refractivity contribution >= 4 is 0 Å². The average Bonchev–Trinajstić information content (AvgIpc) is 3.25. The van der Waals surface area contributed by atoms with E-state index in [4.69, 9.17) is 0 Å². The van der Waals surface area contributed by atoms with Crippen molar-refractivity contribution in [3.8, 4) is 0 Å². The molecule has 0 amide bonds. The summed E-state index contributed by atoms with van der Waals surface area (Å²) >= 11 is 0. The third kappa shape index (κ3) is 4.57. The number of nitrogens with zero attached hydrogens (tertiary/aromatic N) is 1. The number of rotatable bonds is 9. The Bertz CT molecular complexity index is 404. The Morgan fingerprint density at radius 1 is 1.30 bits per heavy atom. The van der Waals surface area contributed by atoms with Gasteiger partial charge in [-0.2, -0.15) is 0 Å². The van der Waals surface area contributed by atoms with Crippen LogP contribution >= 0.6 is 0 Å². The fourth-order valence-electron chi connectivity index (χ4n) is 2.80. The van der Waals surface area contributed by atoms with Crippen LogP contribution in [0.2, 0.25) is 0 Å². The maximum atomic E-state index is 13.9. The molecule has 0 heterocycles.